The van der Waals surface area contributed by atoms with Crippen molar-refractivity contribution in [3.05, 3.63) is 45.9 Å². The first kappa shape index (κ1) is 13.1. The molecule has 96 valence electrons. The number of benzene rings is 1. The topological polar surface area (TPSA) is 50.9 Å². The third-order valence-electron chi connectivity index (χ3n) is 2.77. The zero-order valence-electron chi connectivity index (χ0n) is 10.6. The Bertz CT molecular complexity index is 493. The number of nitrogens with one attached hydrogen (secondary N) is 1. The van der Waals surface area contributed by atoms with Gasteiger partial charge in [0.05, 0.1) is 10.7 Å². The summed E-state index contributed by atoms with van der Waals surface area (Å²) in [4.78, 5) is 4.44. The molecule has 0 radical (unpaired) electrons. The van der Waals surface area contributed by atoms with Crippen LogP contribution in [0.5, 0.6) is 0 Å². The van der Waals surface area contributed by atoms with E-state index in [0.717, 1.165) is 36.6 Å². The van der Waals surface area contributed by atoms with E-state index in [1.807, 2.05) is 25.1 Å². The van der Waals surface area contributed by atoms with Crippen molar-refractivity contribution in [1.82, 2.24) is 10.3 Å². The van der Waals surface area contributed by atoms with Crippen LogP contribution in [0, 0.1) is 6.92 Å². The van der Waals surface area contributed by atoms with Crippen LogP contribution in [0.1, 0.15) is 16.3 Å². The summed E-state index contributed by atoms with van der Waals surface area (Å²) in [5, 5.41) is 6.71. The SMILES string of the molecule is Cc1nc(CCNCCc2cccc(N)c2)cs1. The van der Waals surface area contributed by atoms with Crippen molar-refractivity contribution >= 4 is 17.0 Å². The number of aromatic nitrogens is 1. The van der Waals surface area contributed by atoms with Crippen LogP contribution >= 0.6 is 11.3 Å². The minimum Gasteiger partial charge on any atom is -0.399 e. The summed E-state index contributed by atoms with van der Waals surface area (Å²) in [5.41, 5.74) is 9.05. The molecule has 3 nitrogen and oxygen atoms in total. The highest BCUT2D eigenvalue weighted by molar-refractivity contribution is 7.09. The Kier molecular flexibility index (Phi) is 4.73. The van der Waals surface area contributed by atoms with Gasteiger partial charge in [0.25, 0.3) is 0 Å². The number of hydrogen-bond acceptors (Lipinski definition) is 4. The van der Waals surface area contributed by atoms with Gasteiger partial charge >= 0.3 is 0 Å². The standard InChI is InChI=1S/C14H19N3S/c1-11-17-14(10-18-11)6-8-16-7-5-12-3-2-4-13(15)9-12/h2-4,9-10,16H,5-8,15H2,1H3. The fourth-order valence-electron chi connectivity index (χ4n) is 1.85. The average Bonchev–Trinajstić information content (AvgIpc) is 2.75. The van der Waals surface area contributed by atoms with Gasteiger partial charge in [0.2, 0.25) is 0 Å². The van der Waals surface area contributed by atoms with Crippen LogP contribution < -0.4 is 11.1 Å². The van der Waals surface area contributed by atoms with Crippen LogP contribution in [-0.4, -0.2) is 18.1 Å². The number of thiazole rings is 1. The monoisotopic (exact) mass is 261 g/mol. The highest BCUT2D eigenvalue weighted by atomic mass is 32.1. The number of hydrogen-bond donors (Lipinski definition) is 2. The Morgan fingerprint density at radius 3 is 2.83 bits per heavy atom. The lowest BCUT2D eigenvalue weighted by molar-refractivity contribution is 0.676. The van der Waals surface area contributed by atoms with Gasteiger partial charge in [-0.1, -0.05) is 12.1 Å². The predicted octanol–water partition coefficient (Wildman–Crippen LogP) is 2.41. The van der Waals surface area contributed by atoms with E-state index in [2.05, 4.69) is 21.7 Å². The Morgan fingerprint density at radius 2 is 2.11 bits per heavy atom. The molecular weight excluding hydrogens is 242 g/mol. The van der Waals surface area contributed by atoms with Gasteiger partial charge in [-0.25, -0.2) is 4.98 Å². The Balaban J connectivity index is 1.64. The summed E-state index contributed by atoms with van der Waals surface area (Å²) in [7, 11) is 0. The Labute approximate surface area is 112 Å². The molecule has 0 aliphatic carbocycles. The largest absolute Gasteiger partial charge is 0.399 e. The molecule has 0 bridgehead atoms. The molecule has 18 heavy (non-hydrogen) atoms. The van der Waals surface area contributed by atoms with Crippen molar-refractivity contribution in [1.29, 1.82) is 0 Å². The molecule has 0 fully saturated rings. The highest BCUT2D eigenvalue weighted by Gasteiger charge is 1.98. The number of nitrogen functional groups attached to an aromatic ring is 1. The fourth-order valence-corrected chi connectivity index (χ4v) is 2.49. The third-order valence-corrected chi connectivity index (χ3v) is 3.59. The van der Waals surface area contributed by atoms with Crippen LogP contribution in [-0.2, 0) is 12.8 Å². The summed E-state index contributed by atoms with van der Waals surface area (Å²) < 4.78 is 0. The van der Waals surface area contributed by atoms with Gasteiger partial charge in [-0.05, 0) is 37.6 Å². The molecule has 2 aromatic rings. The smallest absolute Gasteiger partial charge is 0.0897 e. The third kappa shape index (κ3) is 4.13. The molecule has 1 heterocycles. The second-order valence-electron chi connectivity index (χ2n) is 4.35. The number of anilines is 1. The number of nitrogens with two attached hydrogens (primary N) is 1. The normalized spacial score (nSPS) is 10.7. The van der Waals surface area contributed by atoms with Crippen molar-refractivity contribution in [3.8, 4) is 0 Å². The first-order valence-corrected chi connectivity index (χ1v) is 7.08. The lowest BCUT2D eigenvalue weighted by Gasteiger charge is -2.04. The average molecular weight is 261 g/mol. The molecule has 0 atom stereocenters. The summed E-state index contributed by atoms with van der Waals surface area (Å²) in [5.74, 6) is 0. The Hall–Kier alpha value is -1.39. The second-order valence-corrected chi connectivity index (χ2v) is 5.42. The van der Waals surface area contributed by atoms with Crippen LogP contribution in [0.2, 0.25) is 0 Å². The molecule has 0 saturated heterocycles. The van der Waals surface area contributed by atoms with E-state index >= 15 is 0 Å². The van der Waals surface area contributed by atoms with Crippen molar-refractivity contribution < 1.29 is 0 Å². The van der Waals surface area contributed by atoms with E-state index in [-0.39, 0.29) is 0 Å². The van der Waals surface area contributed by atoms with E-state index in [9.17, 15) is 0 Å². The van der Waals surface area contributed by atoms with Crippen LogP contribution in [0.15, 0.2) is 29.6 Å². The van der Waals surface area contributed by atoms with Gasteiger partial charge in [0.15, 0.2) is 0 Å². The van der Waals surface area contributed by atoms with Crippen LogP contribution in [0.4, 0.5) is 5.69 Å². The number of nitrogens with zero attached hydrogens (tertiary/aromatic N) is 1. The number of rotatable bonds is 6. The molecule has 1 aromatic heterocycles. The van der Waals surface area contributed by atoms with Crippen LogP contribution in [0.3, 0.4) is 0 Å². The molecule has 0 aliphatic heterocycles. The minimum atomic E-state index is 0.838. The van der Waals surface area contributed by atoms with Crippen molar-refractivity contribution in [2.45, 2.75) is 19.8 Å². The molecule has 2 rings (SSSR count). The first-order chi connectivity index (χ1) is 8.74. The van der Waals surface area contributed by atoms with Gasteiger partial charge < -0.3 is 11.1 Å². The van der Waals surface area contributed by atoms with Crippen molar-refractivity contribution in [2.24, 2.45) is 0 Å². The maximum Gasteiger partial charge on any atom is 0.0897 e. The summed E-state index contributed by atoms with van der Waals surface area (Å²) >= 11 is 1.71. The lowest BCUT2D eigenvalue weighted by atomic mass is 10.1. The molecule has 1 aromatic carbocycles. The van der Waals surface area contributed by atoms with Gasteiger partial charge in [0.1, 0.15) is 0 Å². The molecule has 0 spiro atoms. The van der Waals surface area contributed by atoms with Gasteiger partial charge in [-0.2, -0.15) is 0 Å². The van der Waals surface area contributed by atoms with E-state index < -0.39 is 0 Å². The first-order valence-electron chi connectivity index (χ1n) is 6.20. The van der Waals surface area contributed by atoms with E-state index in [4.69, 9.17) is 5.73 Å². The fraction of sp³-hybridized carbons (Fsp3) is 0.357. The molecule has 4 heteroatoms. The lowest BCUT2D eigenvalue weighted by Crippen LogP contribution is -2.20. The molecule has 0 aliphatic rings. The van der Waals surface area contributed by atoms with Gasteiger partial charge in [0, 0.05) is 24.0 Å². The van der Waals surface area contributed by atoms with E-state index in [1.165, 1.54) is 11.3 Å². The maximum absolute atomic E-state index is 5.74. The van der Waals surface area contributed by atoms with E-state index in [0.29, 0.717) is 0 Å². The molecular formula is C14H19N3S. The molecule has 0 saturated carbocycles. The summed E-state index contributed by atoms with van der Waals surface area (Å²) in [6, 6.07) is 8.07. The molecule has 0 amide bonds. The van der Waals surface area contributed by atoms with Gasteiger partial charge in [-0.3, -0.25) is 0 Å². The summed E-state index contributed by atoms with van der Waals surface area (Å²) in [6.45, 7) is 4.00. The second kappa shape index (κ2) is 6.52. The highest BCUT2D eigenvalue weighted by Crippen LogP contribution is 2.08. The predicted molar refractivity (Wildman–Crippen MR) is 78.0 cm³/mol. The zero-order chi connectivity index (χ0) is 12.8. The van der Waals surface area contributed by atoms with E-state index in [1.54, 1.807) is 11.3 Å². The maximum atomic E-state index is 5.74. The number of aryl methyl sites for hydroxylation is 1. The minimum absolute atomic E-state index is 0.838. The zero-order valence-corrected chi connectivity index (χ0v) is 11.5. The van der Waals surface area contributed by atoms with Crippen molar-refractivity contribution in [2.75, 3.05) is 18.8 Å². The Morgan fingerprint density at radius 1 is 1.28 bits per heavy atom. The molecule has 0 unspecified atom stereocenters. The molecule has 3 N–H and O–H groups in total. The van der Waals surface area contributed by atoms with Gasteiger partial charge in [-0.15, -0.1) is 11.3 Å². The van der Waals surface area contributed by atoms with Crippen LogP contribution in [0.25, 0.3) is 0 Å². The summed E-state index contributed by atoms with van der Waals surface area (Å²) in [6.07, 6.45) is 2.02. The van der Waals surface area contributed by atoms with Crippen molar-refractivity contribution in [3.63, 3.8) is 0 Å². The quantitative estimate of drug-likeness (QED) is 0.620.